The third-order valence-electron chi connectivity index (χ3n) is 3.08. The summed E-state index contributed by atoms with van der Waals surface area (Å²) in [6.45, 7) is 3.72. The van der Waals surface area contributed by atoms with E-state index < -0.39 is 0 Å². The van der Waals surface area contributed by atoms with Crippen LogP contribution in [0, 0.1) is 6.92 Å². The Bertz CT molecular complexity index is 516. The molecule has 0 amide bonds. The van der Waals surface area contributed by atoms with Crippen molar-refractivity contribution < 1.29 is 4.74 Å². The first-order valence-corrected chi connectivity index (χ1v) is 5.99. The molecule has 2 aromatic rings. The van der Waals surface area contributed by atoms with Gasteiger partial charge in [-0.2, -0.15) is 0 Å². The number of aromatic nitrogens is 3. The summed E-state index contributed by atoms with van der Waals surface area (Å²) in [6.07, 6.45) is 4.19. The second-order valence-corrected chi connectivity index (χ2v) is 4.45. The molecule has 1 unspecified atom stereocenters. The van der Waals surface area contributed by atoms with E-state index in [0.29, 0.717) is 6.10 Å². The van der Waals surface area contributed by atoms with Crippen LogP contribution < -0.4 is 5.32 Å². The van der Waals surface area contributed by atoms with Crippen LogP contribution in [0.4, 0.5) is 5.82 Å². The maximum atomic E-state index is 5.58. The van der Waals surface area contributed by atoms with Crippen LogP contribution in [0.25, 0.3) is 11.0 Å². The van der Waals surface area contributed by atoms with E-state index in [2.05, 4.69) is 26.3 Å². The van der Waals surface area contributed by atoms with Gasteiger partial charge in [0.05, 0.1) is 11.5 Å². The smallest absolute Gasteiger partial charge is 0.143 e. The molecular formula is C12H16N4O. The van der Waals surface area contributed by atoms with E-state index in [1.54, 1.807) is 6.33 Å². The number of H-pyrrole nitrogens is 1. The minimum Gasteiger partial charge on any atom is -0.376 e. The molecule has 3 rings (SSSR count). The summed E-state index contributed by atoms with van der Waals surface area (Å²) in [7, 11) is 0. The van der Waals surface area contributed by atoms with Crippen LogP contribution in [0.15, 0.2) is 12.4 Å². The number of hydrogen-bond acceptors (Lipinski definition) is 4. The quantitative estimate of drug-likeness (QED) is 0.847. The van der Waals surface area contributed by atoms with Gasteiger partial charge in [0.15, 0.2) is 0 Å². The van der Waals surface area contributed by atoms with Gasteiger partial charge < -0.3 is 15.0 Å². The highest BCUT2D eigenvalue weighted by molar-refractivity contribution is 5.87. The fourth-order valence-electron chi connectivity index (χ4n) is 2.23. The molecule has 0 aromatic carbocycles. The third kappa shape index (κ3) is 2.10. The van der Waals surface area contributed by atoms with Crippen molar-refractivity contribution >= 4 is 16.9 Å². The molecular weight excluding hydrogens is 216 g/mol. The number of nitrogens with one attached hydrogen (secondary N) is 2. The third-order valence-corrected chi connectivity index (χ3v) is 3.08. The summed E-state index contributed by atoms with van der Waals surface area (Å²) in [5.41, 5.74) is 1.98. The van der Waals surface area contributed by atoms with Gasteiger partial charge in [0.25, 0.3) is 0 Å². The maximum Gasteiger partial charge on any atom is 0.143 e. The fourth-order valence-corrected chi connectivity index (χ4v) is 2.23. The highest BCUT2D eigenvalue weighted by atomic mass is 16.5. The van der Waals surface area contributed by atoms with E-state index in [4.69, 9.17) is 4.74 Å². The largest absolute Gasteiger partial charge is 0.376 e. The molecule has 1 saturated heterocycles. The first kappa shape index (κ1) is 10.5. The van der Waals surface area contributed by atoms with Crippen LogP contribution in [0.2, 0.25) is 0 Å². The van der Waals surface area contributed by atoms with E-state index in [1.165, 1.54) is 0 Å². The van der Waals surface area contributed by atoms with E-state index >= 15 is 0 Å². The molecule has 17 heavy (non-hydrogen) atoms. The monoisotopic (exact) mass is 232 g/mol. The molecule has 0 aliphatic carbocycles. The van der Waals surface area contributed by atoms with Crippen molar-refractivity contribution in [1.29, 1.82) is 0 Å². The average molecular weight is 232 g/mol. The average Bonchev–Trinajstić information content (AvgIpc) is 2.93. The van der Waals surface area contributed by atoms with Gasteiger partial charge in [-0.25, -0.2) is 9.97 Å². The second kappa shape index (κ2) is 4.33. The lowest BCUT2D eigenvalue weighted by molar-refractivity contribution is 0.120. The Balaban J connectivity index is 1.79. The van der Waals surface area contributed by atoms with Crippen molar-refractivity contribution in [2.24, 2.45) is 0 Å². The van der Waals surface area contributed by atoms with Crippen molar-refractivity contribution in [3.63, 3.8) is 0 Å². The van der Waals surface area contributed by atoms with Crippen molar-refractivity contribution in [3.05, 3.63) is 18.1 Å². The molecule has 5 nitrogen and oxygen atoms in total. The topological polar surface area (TPSA) is 62.8 Å². The van der Waals surface area contributed by atoms with Crippen molar-refractivity contribution in [1.82, 2.24) is 15.0 Å². The highest BCUT2D eigenvalue weighted by Crippen LogP contribution is 2.20. The molecule has 0 saturated carbocycles. The number of aryl methyl sites for hydroxylation is 1. The van der Waals surface area contributed by atoms with Gasteiger partial charge in [0.2, 0.25) is 0 Å². The molecule has 1 fully saturated rings. The minimum absolute atomic E-state index is 0.319. The van der Waals surface area contributed by atoms with E-state index in [1.807, 2.05) is 6.92 Å². The molecule has 0 radical (unpaired) electrons. The van der Waals surface area contributed by atoms with E-state index in [0.717, 1.165) is 48.5 Å². The maximum absolute atomic E-state index is 5.58. The lowest BCUT2D eigenvalue weighted by Gasteiger charge is -2.11. The second-order valence-electron chi connectivity index (χ2n) is 4.45. The summed E-state index contributed by atoms with van der Waals surface area (Å²) in [5.74, 6) is 0.884. The van der Waals surface area contributed by atoms with Crippen molar-refractivity contribution in [2.45, 2.75) is 25.9 Å². The first-order valence-electron chi connectivity index (χ1n) is 5.99. The first-order chi connectivity index (χ1) is 8.33. The van der Waals surface area contributed by atoms with Gasteiger partial charge in [-0.1, -0.05) is 0 Å². The Kier molecular flexibility index (Phi) is 2.68. The molecule has 1 aliphatic rings. The van der Waals surface area contributed by atoms with Crippen molar-refractivity contribution in [3.8, 4) is 0 Å². The van der Waals surface area contributed by atoms with E-state index in [9.17, 15) is 0 Å². The molecule has 1 atom stereocenters. The van der Waals surface area contributed by atoms with Crippen LogP contribution in [0.5, 0.6) is 0 Å². The summed E-state index contributed by atoms with van der Waals surface area (Å²) >= 11 is 0. The summed E-state index contributed by atoms with van der Waals surface area (Å²) in [6, 6.07) is 2.06. The molecule has 0 spiro atoms. The van der Waals surface area contributed by atoms with Gasteiger partial charge >= 0.3 is 0 Å². The van der Waals surface area contributed by atoms with Crippen LogP contribution in [0.3, 0.4) is 0 Å². The Hall–Kier alpha value is -1.62. The number of ether oxygens (including phenoxy) is 1. The molecule has 1 aliphatic heterocycles. The Morgan fingerprint density at radius 1 is 1.53 bits per heavy atom. The van der Waals surface area contributed by atoms with E-state index in [-0.39, 0.29) is 0 Å². The van der Waals surface area contributed by atoms with Gasteiger partial charge in [-0.3, -0.25) is 0 Å². The zero-order chi connectivity index (χ0) is 11.7. The van der Waals surface area contributed by atoms with Gasteiger partial charge in [0, 0.05) is 18.8 Å². The van der Waals surface area contributed by atoms with Gasteiger partial charge in [-0.05, 0) is 25.8 Å². The minimum atomic E-state index is 0.319. The fraction of sp³-hybridized carbons (Fsp3) is 0.500. The lowest BCUT2D eigenvalue weighted by Crippen LogP contribution is -2.19. The predicted molar refractivity (Wildman–Crippen MR) is 66.1 cm³/mol. The molecule has 2 N–H and O–H groups in total. The highest BCUT2D eigenvalue weighted by Gasteiger charge is 2.15. The summed E-state index contributed by atoms with van der Waals surface area (Å²) in [4.78, 5) is 11.7. The zero-order valence-electron chi connectivity index (χ0n) is 9.86. The number of nitrogens with zero attached hydrogens (tertiary/aromatic N) is 2. The lowest BCUT2D eigenvalue weighted by atomic mass is 10.2. The molecule has 0 bridgehead atoms. The molecule has 90 valence electrons. The zero-order valence-corrected chi connectivity index (χ0v) is 9.86. The van der Waals surface area contributed by atoms with Gasteiger partial charge in [-0.15, -0.1) is 0 Å². The van der Waals surface area contributed by atoms with Crippen LogP contribution in [0.1, 0.15) is 18.5 Å². The predicted octanol–water partition coefficient (Wildman–Crippen LogP) is 1.86. The number of rotatable bonds is 3. The van der Waals surface area contributed by atoms with Gasteiger partial charge in [0.1, 0.15) is 17.8 Å². The molecule has 2 aromatic heterocycles. The standard InChI is InChI=1S/C12H16N4O/c1-8-5-10-11(14-7-15-12(10)16-8)13-6-9-3-2-4-17-9/h5,7,9H,2-4,6H2,1H3,(H2,13,14,15,16). The SMILES string of the molecule is Cc1cc2c(NCC3CCCO3)ncnc2[nH]1. The number of hydrogen-bond donors (Lipinski definition) is 2. The number of anilines is 1. The van der Waals surface area contributed by atoms with Crippen LogP contribution >= 0.6 is 0 Å². The Morgan fingerprint density at radius 3 is 3.29 bits per heavy atom. The normalized spacial score (nSPS) is 19.9. The van der Waals surface area contributed by atoms with Crippen LogP contribution in [-0.4, -0.2) is 34.2 Å². The number of fused-ring (bicyclic) bond motifs is 1. The molecule has 5 heteroatoms. The Morgan fingerprint density at radius 2 is 2.47 bits per heavy atom. The Labute approximate surface area is 99.6 Å². The van der Waals surface area contributed by atoms with Crippen molar-refractivity contribution in [2.75, 3.05) is 18.5 Å². The summed E-state index contributed by atoms with van der Waals surface area (Å²) < 4.78 is 5.58. The molecule has 3 heterocycles. The van der Waals surface area contributed by atoms with Crippen LogP contribution in [-0.2, 0) is 4.74 Å². The summed E-state index contributed by atoms with van der Waals surface area (Å²) in [5, 5.41) is 4.39. The number of aromatic amines is 1.